The van der Waals surface area contributed by atoms with E-state index in [-0.39, 0.29) is 23.9 Å². The van der Waals surface area contributed by atoms with Crippen LogP contribution in [0.4, 0.5) is 10.5 Å². The van der Waals surface area contributed by atoms with Crippen LogP contribution >= 0.6 is 11.6 Å². The summed E-state index contributed by atoms with van der Waals surface area (Å²) in [6.07, 6.45) is -1.91. The monoisotopic (exact) mass is 419 g/mol. The lowest BCUT2D eigenvalue weighted by atomic mass is 10.1. The fourth-order valence-electron chi connectivity index (χ4n) is 2.75. The number of carboxylic acid groups (broad SMARTS) is 1. The molecule has 2 aromatic rings. The molecule has 0 spiro atoms. The average molecular weight is 420 g/mol. The molecule has 3 rings (SSSR count). The molecule has 1 aliphatic heterocycles. The van der Waals surface area contributed by atoms with Gasteiger partial charge >= 0.3 is 12.1 Å². The number of nitrogens with zero attached hydrogens (tertiary/aromatic N) is 1. The number of carbonyl (C=O) groups excluding carboxylic acids is 1. The third-order valence-electron chi connectivity index (χ3n) is 4.05. The molecule has 0 aliphatic carbocycles. The number of hydrogen-bond acceptors (Lipinski definition) is 5. The lowest BCUT2D eigenvalue weighted by molar-refractivity contribution is -0.144. The molecule has 1 atom stereocenters. The third-order valence-corrected chi connectivity index (χ3v) is 4.34. The maximum absolute atomic E-state index is 12.7. The van der Waals surface area contributed by atoms with Gasteiger partial charge in [0.1, 0.15) is 23.7 Å². The van der Waals surface area contributed by atoms with E-state index in [1.165, 1.54) is 11.0 Å². The van der Waals surface area contributed by atoms with Gasteiger partial charge in [-0.05, 0) is 26.3 Å². The van der Waals surface area contributed by atoms with Gasteiger partial charge < -0.3 is 19.3 Å². The van der Waals surface area contributed by atoms with Crippen molar-refractivity contribution in [2.24, 2.45) is 0 Å². The average Bonchev–Trinajstić information content (AvgIpc) is 2.64. The molecule has 154 valence electrons. The van der Waals surface area contributed by atoms with Crippen LogP contribution in [0.15, 0.2) is 42.5 Å². The molecule has 0 aromatic heterocycles. The second kappa shape index (κ2) is 8.21. The van der Waals surface area contributed by atoms with Crippen molar-refractivity contribution in [2.45, 2.75) is 39.1 Å². The summed E-state index contributed by atoms with van der Waals surface area (Å²) >= 11 is 6.30. The predicted molar refractivity (Wildman–Crippen MR) is 108 cm³/mol. The number of fused-ring (bicyclic) bond motifs is 1. The number of carbonyl (C=O) groups is 2. The molecule has 8 heteroatoms. The maximum Gasteiger partial charge on any atom is 0.415 e. The molecule has 29 heavy (non-hydrogen) atoms. The van der Waals surface area contributed by atoms with Gasteiger partial charge in [0, 0.05) is 12.1 Å². The lowest BCUT2D eigenvalue weighted by Crippen LogP contribution is -2.48. The number of halogens is 1. The van der Waals surface area contributed by atoms with Crippen LogP contribution in [0.5, 0.6) is 11.5 Å². The third kappa shape index (κ3) is 5.12. The summed E-state index contributed by atoms with van der Waals surface area (Å²) in [5.41, 5.74) is 0.546. The number of anilines is 1. The number of benzene rings is 2. The maximum atomic E-state index is 12.7. The molecule has 0 saturated carbocycles. The van der Waals surface area contributed by atoms with Gasteiger partial charge in [-0.25, -0.2) is 9.59 Å². The van der Waals surface area contributed by atoms with Crippen LogP contribution in [-0.4, -0.2) is 35.4 Å². The second-order valence-corrected chi connectivity index (χ2v) is 7.97. The Kier molecular flexibility index (Phi) is 5.88. The zero-order valence-electron chi connectivity index (χ0n) is 16.3. The van der Waals surface area contributed by atoms with E-state index in [2.05, 4.69) is 0 Å². The smallest absolute Gasteiger partial charge is 0.415 e. The van der Waals surface area contributed by atoms with Gasteiger partial charge in [0.15, 0.2) is 0 Å². The number of aliphatic carboxylic acids is 1. The summed E-state index contributed by atoms with van der Waals surface area (Å²) in [7, 11) is 0. The van der Waals surface area contributed by atoms with Crippen LogP contribution in [0.3, 0.4) is 0 Å². The number of rotatable bonds is 4. The molecule has 1 heterocycles. The minimum atomic E-state index is -1.23. The summed E-state index contributed by atoms with van der Waals surface area (Å²) < 4.78 is 16.7. The first-order valence-corrected chi connectivity index (χ1v) is 9.42. The first kappa shape index (κ1) is 20.8. The van der Waals surface area contributed by atoms with Crippen molar-refractivity contribution in [1.82, 2.24) is 0 Å². The van der Waals surface area contributed by atoms with Crippen molar-refractivity contribution >= 4 is 29.4 Å². The highest BCUT2D eigenvalue weighted by Gasteiger charge is 2.37. The molecule has 0 radical (unpaired) electrons. The van der Waals surface area contributed by atoms with E-state index in [4.69, 9.17) is 25.8 Å². The van der Waals surface area contributed by atoms with Crippen LogP contribution in [-0.2, 0) is 16.1 Å². The SMILES string of the molecule is CC(C)(C)OC(=O)N1CC(C(=O)O)Oc2cc(Cl)c(OCc3ccccc3)cc21. The van der Waals surface area contributed by atoms with Gasteiger partial charge in [-0.1, -0.05) is 41.9 Å². The summed E-state index contributed by atoms with van der Waals surface area (Å²) in [6.45, 7) is 5.28. The molecule has 0 saturated heterocycles. The summed E-state index contributed by atoms with van der Waals surface area (Å²) in [6, 6.07) is 12.5. The Morgan fingerprint density at radius 3 is 2.55 bits per heavy atom. The molecular weight excluding hydrogens is 398 g/mol. The van der Waals surface area contributed by atoms with Crippen molar-refractivity contribution in [1.29, 1.82) is 0 Å². The Hall–Kier alpha value is -2.93. The molecule has 0 bridgehead atoms. The highest BCUT2D eigenvalue weighted by Crippen LogP contribution is 2.42. The molecule has 0 fully saturated rings. The molecule has 7 nitrogen and oxygen atoms in total. The Morgan fingerprint density at radius 2 is 1.93 bits per heavy atom. The Morgan fingerprint density at radius 1 is 1.24 bits per heavy atom. The Labute approximate surface area is 173 Å². The van der Waals surface area contributed by atoms with Crippen LogP contribution < -0.4 is 14.4 Å². The Bertz CT molecular complexity index is 909. The van der Waals surface area contributed by atoms with Gasteiger partial charge in [0.25, 0.3) is 0 Å². The first-order chi connectivity index (χ1) is 13.6. The predicted octanol–water partition coefficient (Wildman–Crippen LogP) is 4.51. The number of carboxylic acids is 1. The zero-order valence-corrected chi connectivity index (χ0v) is 17.1. The van der Waals surface area contributed by atoms with E-state index in [9.17, 15) is 14.7 Å². The van der Waals surface area contributed by atoms with Crippen LogP contribution in [0, 0.1) is 0 Å². The van der Waals surface area contributed by atoms with Gasteiger partial charge in [-0.2, -0.15) is 0 Å². The van der Waals surface area contributed by atoms with Crippen molar-refractivity contribution in [3.05, 3.63) is 53.1 Å². The fraction of sp³-hybridized carbons (Fsp3) is 0.333. The van der Waals surface area contributed by atoms with Crippen molar-refractivity contribution in [3.8, 4) is 11.5 Å². The first-order valence-electron chi connectivity index (χ1n) is 9.04. The number of ether oxygens (including phenoxy) is 3. The lowest BCUT2D eigenvalue weighted by Gasteiger charge is -2.34. The highest BCUT2D eigenvalue weighted by atomic mass is 35.5. The molecular formula is C21H22ClNO6. The van der Waals surface area contributed by atoms with E-state index < -0.39 is 23.8 Å². The summed E-state index contributed by atoms with van der Waals surface area (Å²) in [4.78, 5) is 25.4. The van der Waals surface area contributed by atoms with Gasteiger partial charge in [-0.15, -0.1) is 0 Å². The van der Waals surface area contributed by atoms with E-state index >= 15 is 0 Å². The molecule has 2 aromatic carbocycles. The highest BCUT2D eigenvalue weighted by molar-refractivity contribution is 6.32. The summed E-state index contributed by atoms with van der Waals surface area (Å²) in [5.74, 6) is -0.670. The summed E-state index contributed by atoms with van der Waals surface area (Å²) in [5, 5.41) is 9.61. The molecule has 1 N–H and O–H groups in total. The van der Waals surface area contributed by atoms with Gasteiger partial charge in [0.05, 0.1) is 17.3 Å². The van der Waals surface area contributed by atoms with Crippen LogP contribution in [0.1, 0.15) is 26.3 Å². The minimum Gasteiger partial charge on any atom is -0.487 e. The minimum absolute atomic E-state index is 0.173. The molecule has 1 unspecified atom stereocenters. The van der Waals surface area contributed by atoms with Gasteiger partial charge in [0.2, 0.25) is 6.10 Å². The van der Waals surface area contributed by atoms with E-state index in [1.807, 2.05) is 30.3 Å². The topological polar surface area (TPSA) is 85.3 Å². The second-order valence-electron chi connectivity index (χ2n) is 7.56. The molecule has 1 aliphatic rings. The fourth-order valence-corrected chi connectivity index (χ4v) is 2.96. The number of hydrogen-bond donors (Lipinski definition) is 1. The zero-order chi connectivity index (χ0) is 21.2. The van der Waals surface area contributed by atoms with E-state index in [0.29, 0.717) is 11.4 Å². The van der Waals surface area contributed by atoms with Crippen molar-refractivity contribution in [2.75, 3.05) is 11.4 Å². The van der Waals surface area contributed by atoms with Crippen LogP contribution in [0.25, 0.3) is 0 Å². The largest absolute Gasteiger partial charge is 0.487 e. The molecule has 1 amide bonds. The quantitative estimate of drug-likeness (QED) is 0.784. The normalized spacial score (nSPS) is 15.9. The van der Waals surface area contributed by atoms with E-state index in [0.717, 1.165) is 5.56 Å². The standard InChI is InChI=1S/C21H22ClNO6/c1-21(2,3)29-20(26)23-11-18(19(24)25)28-17-9-14(22)16(10-15(17)23)27-12-13-7-5-4-6-8-13/h4-10,18H,11-12H2,1-3H3,(H,24,25). The van der Waals surface area contributed by atoms with Gasteiger partial charge in [-0.3, -0.25) is 4.90 Å². The van der Waals surface area contributed by atoms with Crippen molar-refractivity contribution in [3.63, 3.8) is 0 Å². The van der Waals surface area contributed by atoms with E-state index in [1.54, 1.807) is 26.8 Å². The van der Waals surface area contributed by atoms with Crippen LogP contribution in [0.2, 0.25) is 5.02 Å². The van der Waals surface area contributed by atoms with Crippen molar-refractivity contribution < 1.29 is 28.9 Å². The number of amides is 1. The Balaban J connectivity index is 1.92.